The van der Waals surface area contributed by atoms with Gasteiger partial charge < -0.3 is 14.7 Å². The first kappa shape index (κ1) is 37.2. The molecule has 4 aliphatic carbocycles. The number of fused-ring (bicyclic) bond motifs is 1. The largest absolute Gasteiger partial charge is 0.466 e. The number of unbranched alkanes of at least 4 members (excludes halogenated alkanes) is 6. The van der Waals surface area contributed by atoms with Crippen molar-refractivity contribution in [1.29, 1.82) is 0 Å². The van der Waals surface area contributed by atoms with Gasteiger partial charge in [-0.3, -0.25) is 9.69 Å². The molecule has 2 aromatic carbocycles. The highest BCUT2D eigenvalue weighted by atomic mass is 16.5. The van der Waals surface area contributed by atoms with E-state index in [-0.39, 0.29) is 18.0 Å². The summed E-state index contributed by atoms with van der Waals surface area (Å²) in [4.78, 5) is 22.8. The van der Waals surface area contributed by atoms with Crippen LogP contribution in [0.2, 0.25) is 0 Å². The topological polar surface area (TPSA) is 83.2 Å². The standard InChI is InChI=1S/C46H61N5O3/c1-34-44(39-15-9-7-10-16-39)45-47-41(29-42(51(45)48-34)50-20-18-49(19-21-50)22-23-52)40-17-12-14-35(28-40)13-8-5-3-2-4-6-11-24-54-43(53)33-46-30-36-25-37(31-46)27-38(26-36)32-46/h7,9-10,12,14-17,28-29,36-38,52H,2-6,8,11,13,18-27,30-33H2,1H3. The molecule has 0 amide bonds. The molecule has 8 nitrogen and oxygen atoms in total. The lowest BCUT2D eigenvalue weighted by molar-refractivity contribution is -0.152. The van der Waals surface area contributed by atoms with E-state index in [4.69, 9.17) is 14.8 Å². The minimum absolute atomic E-state index is 0.0695. The number of aliphatic hydroxyl groups excluding tert-OH is 1. The van der Waals surface area contributed by atoms with Gasteiger partial charge >= 0.3 is 5.97 Å². The smallest absolute Gasteiger partial charge is 0.306 e. The van der Waals surface area contributed by atoms with Crippen LogP contribution in [0.25, 0.3) is 28.0 Å². The Hall–Kier alpha value is -3.75. The number of aryl methyl sites for hydroxylation is 2. The van der Waals surface area contributed by atoms with E-state index in [9.17, 15) is 9.90 Å². The Morgan fingerprint density at radius 3 is 2.19 bits per heavy atom. The highest BCUT2D eigenvalue weighted by Crippen LogP contribution is 2.61. The number of nitrogens with zero attached hydrogens (tertiary/aromatic N) is 5. The monoisotopic (exact) mass is 731 g/mol. The highest BCUT2D eigenvalue weighted by Gasteiger charge is 2.51. The first-order valence-electron chi connectivity index (χ1n) is 21.2. The van der Waals surface area contributed by atoms with Crippen molar-refractivity contribution in [2.45, 2.75) is 103 Å². The van der Waals surface area contributed by atoms with Gasteiger partial charge in [0.15, 0.2) is 5.65 Å². The van der Waals surface area contributed by atoms with Crippen LogP contribution >= 0.6 is 0 Å². The maximum atomic E-state index is 12.7. The average molecular weight is 732 g/mol. The minimum Gasteiger partial charge on any atom is -0.466 e. The third kappa shape index (κ3) is 8.55. The molecule has 4 saturated carbocycles. The van der Waals surface area contributed by atoms with Gasteiger partial charge in [0.25, 0.3) is 0 Å². The Bertz CT molecular complexity index is 1830. The van der Waals surface area contributed by atoms with Gasteiger partial charge in [-0.25, -0.2) is 4.98 Å². The Labute approximate surface area is 322 Å². The SMILES string of the molecule is Cc1nn2c(N3CCN(CCO)CC3)cc(-c3cccc(CCCCCCCCCOC(=O)CC45CC6CC(CC(C6)C4)C5)c3)nc2c1-c1ccccc1. The number of β-amino-alcohol motifs (C(OH)–C–C–N with tert-alkyl or cyclic N) is 1. The van der Waals surface area contributed by atoms with E-state index in [1.807, 2.05) is 4.52 Å². The maximum absolute atomic E-state index is 12.7. The van der Waals surface area contributed by atoms with Crippen LogP contribution in [0.5, 0.6) is 0 Å². The second-order valence-corrected chi connectivity index (χ2v) is 17.4. The van der Waals surface area contributed by atoms with Crippen LogP contribution in [-0.2, 0) is 16.0 Å². The quantitative estimate of drug-likeness (QED) is 0.0858. The molecule has 0 unspecified atom stereocenters. The molecule has 0 atom stereocenters. The van der Waals surface area contributed by atoms with E-state index < -0.39 is 0 Å². The van der Waals surface area contributed by atoms with Crippen molar-refractivity contribution in [3.05, 3.63) is 71.9 Å². The Morgan fingerprint density at radius 1 is 0.815 bits per heavy atom. The van der Waals surface area contributed by atoms with Crippen molar-refractivity contribution in [3.63, 3.8) is 0 Å². The molecular weight excluding hydrogens is 671 g/mol. The summed E-state index contributed by atoms with van der Waals surface area (Å²) in [5, 5.41) is 14.5. The molecule has 4 aromatic rings. The van der Waals surface area contributed by atoms with Crippen LogP contribution in [0.1, 0.15) is 101 Å². The first-order valence-corrected chi connectivity index (χ1v) is 21.2. The predicted molar refractivity (Wildman–Crippen MR) is 217 cm³/mol. The number of carbonyl (C=O) groups excluding carboxylic acids is 1. The summed E-state index contributed by atoms with van der Waals surface area (Å²) >= 11 is 0. The van der Waals surface area contributed by atoms with E-state index in [0.29, 0.717) is 13.0 Å². The molecule has 2 aromatic heterocycles. The lowest BCUT2D eigenvalue weighted by Gasteiger charge is -2.56. The van der Waals surface area contributed by atoms with Gasteiger partial charge in [0.05, 0.1) is 31.0 Å². The molecule has 1 aliphatic heterocycles. The fraction of sp³-hybridized carbons (Fsp3) is 0.587. The third-order valence-corrected chi connectivity index (χ3v) is 13.2. The zero-order valence-electron chi connectivity index (χ0n) is 32.6. The van der Waals surface area contributed by atoms with Crippen molar-refractivity contribution in [2.24, 2.45) is 23.2 Å². The van der Waals surface area contributed by atoms with E-state index in [0.717, 1.165) is 109 Å². The average Bonchev–Trinajstić information content (AvgIpc) is 3.51. The molecule has 1 saturated heterocycles. The van der Waals surface area contributed by atoms with Crippen molar-refractivity contribution in [1.82, 2.24) is 19.5 Å². The third-order valence-electron chi connectivity index (χ3n) is 13.2. The molecule has 1 N–H and O–H groups in total. The summed E-state index contributed by atoms with van der Waals surface area (Å²) in [6, 6.07) is 21.7. The van der Waals surface area contributed by atoms with Gasteiger partial charge in [0.2, 0.25) is 0 Å². The summed E-state index contributed by atoms with van der Waals surface area (Å²) in [5.74, 6) is 3.81. The molecule has 54 heavy (non-hydrogen) atoms. The van der Waals surface area contributed by atoms with Gasteiger partial charge in [-0.2, -0.15) is 9.61 Å². The lowest BCUT2D eigenvalue weighted by Crippen LogP contribution is -2.47. The van der Waals surface area contributed by atoms with E-state index in [1.54, 1.807) is 0 Å². The predicted octanol–water partition coefficient (Wildman–Crippen LogP) is 8.91. The second kappa shape index (κ2) is 16.9. The summed E-state index contributed by atoms with van der Waals surface area (Å²) < 4.78 is 7.80. The molecule has 5 fully saturated rings. The van der Waals surface area contributed by atoms with Crippen molar-refractivity contribution < 1.29 is 14.6 Å². The van der Waals surface area contributed by atoms with Crippen LogP contribution in [0.4, 0.5) is 5.82 Å². The summed E-state index contributed by atoms with van der Waals surface area (Å²) in [6.07, 6.45) is 18.1. The van der Waals surface area contributed by atoms with Crippen LogP contribution in [-0.4, -0.2) is 76.5 Å². The first-order chi connectivity index (χ1) is 26.4. The lowest BCUT2D eigenvalue weighted by atomic mass is 9.49. The van der Waals surface area contributed by atoms with Gasteiger partial charge in [0.1, 0.15) is 5.82 Å². The minimum atomic E-state index is 0.0695. The fourth-order valence-corrected chi connectivity index (χ4v) is 11.0. The van der Waals surface area contributed by atoms with E-state index in [2.05, 4.69) is 77.4 Å². The number of piperazine rings is 1. The van der Waals surface area contributed by atoms with Gasteiger partial charge in [-0.15, -0.1) is 0 Å². The number of anilines is 1. The van der Waals surface area contributed by atoms with Crippen molar-refractivity contribution in [3.8, 4) is 22.4 Å². The molecule has 288 valence electrons. The van der Waals surface area contributed by atoms with Gasteiger partial charge in [-0.05, 0) is 105 Å². The number of ether oxygens (including phenoxy) is 1. The summed E-state index contributed by atoms with van der Waals surface area (Å²) in [7, 11) is 0. The molecule has 5 aliphatic rings. The molecule has 9 rings (SSSR count). The Balaban J connectivity index is 0.819. The van der Waals surface area contributed by atoms with Gasteiger partial charge in [-0.1, -0.05) is 80.6 Å². The Morgan fingerprint density at radius 2 is 1.48 bits per heavy atom. The zero-order valence-corrected chi connectivity index (χ0v) is 32.6. The van der Waals surface area contributed by atoms with Gasteiger partial charge in [0, 0.05) is 49.9 Å². The van der Waals surface area contributed by atoms with Crippen LogP contribution in [0, 0.1) is 30.1 Å². The molecule has 0 radical (unpaired) electrons. The molecule has 4 bridgehead atoms. The molecule has 0 spiro atoms. The second-order valence-electron chi connectivity index (χ2n) is 17.4. The van der Waals surface area contributed by atoms with Crippen molar-refractivity contribution in [2.75, 3.05) is 50.8 Å². The van der Waals surface area contributed by atoms with Crippen LogP contribution in [0.3, 0.4) is 0 Å². The fourth-order valence-electron chi connectivity index (χ4n) is 11.0. The number of hydrogen-bond donors (Lipinski definition) is 1. The number of hydrogen-bond acceptors (Lipinski definition) is 7. The zero-order chi connectivity index (χ0) is 36.9. The van der Waals surface area contributed by atoms with Crippen LogP contribution < -0.4 is 4.90 Å². The number of aromatic nitrogens is 3. The maximum Gasteiger partial charge on any atom is 0.306 e. The number of aliphatic hydroxyl groups is 1. The van der Waals surface area contributed by atoms with Crippen LogP contribution in [0.15, 0.2) is 60.7 Å². The number of rotatable bonds is 17. The van der Waals surface area contributed by atoms with E-state index in [1.165, 1.54) is 76.2 Å². The molecule has 8 heteroatoms. The summed E-state index contributed by atoms with van der Waals surface area (Å²) in [6.45, 7) is 7.19. The summed E-state index contributed by atoms with van der Waals surface area (Å²) in [5.41, 5.74) is 7.86. The Kier molecular flexibility index (Phi) is 11.7. The number of benzene rings is 2. The number of esters is 1. The molecule has 3 heterocycles. The number of carbonyl (C=O) groups is 1. The highest BCUT2D eigenvalue weighted by molar-refractivity contribution is 5.83. The van der Waals surface area contributed by atoms with Crippen molar-refractivity contribution >= 4 is 17.4 Å². The molecular formula is C46H61N5O3. The normalized spacial score (nSPS) is 23.7. The van der Waals surface area contributed by atoms with E-state index >= 15 is 0 Å².